The van der Waals surface area contributed by atoms with Gasteiger partial charge in [-0.05, 0) is 18.2 Å². The van der Waals surface area contributed by atoms with Gasteiger partial charge in [-0.25, -0.2) is 0 Å². The molecule has 1 aromatic carbocycles. The maximum Gasteiger partial charge on any atom is 0.101 e. The van der Waals surface area contributed by atoms with Crippen LogP contribution in [0, 0.1) is 0 Å². The van der Waals surface area contributed by atoms with Gasteiger partial charge in [0.2, 0.25) is 0 Å². The summed E-state index contributed by atoms with van der Waals surface area (Å²) in [5.74, 6) is 0.707. The van der Waals surface area contributed by atoms with Crippen LogP contribution in [-0.4, -0.2) is 4.98 Å². The zero-order valence-corrected chi connectivity index (χ0v) is 7.84. The minimum absolute atomic E-state index is 0.707. The van der Waals surface area contributed by atoms with E-state index >= 15 is 0 Å². The van der Waals surface area contributed by atoms with Gasteiger partial charge in [0.1, 0.15) is 5.82 Å². The molecule has 0 radical (unpaired) electrons. The number of nitrogen functional groups attached to an aromatic ring is 1. The number of aromatic amines is 1. The van der Waals surface area contributed by atoms with Gasteiger partial charge in [-0.1, -0.05) is 30.0 Å². The molecule has 2 rings (SSSR count). The monoisotopic (exact) mass is 190 g/mol. The van der Waals surface area contributed by atoms with Gasteiger partial charge in [-0.15, -0.1) is 0 Å². The smallest absolute Gasteiger partial charge is 0.101 e. The molecule has 0 unspecified atom stereocenters. The summed E-state index contributed by atoms with van der Waals surface area (Å²) in [5.41, 5.74) is 5.56. The molecule has 0 aliphatic rings. The van der Waals surface area contributed by atoms with Crippen molar-refractivity contribution in [2.24, 2.45) is 0 Å². The maximum absolute atomic E-state index is 5.56. The molecule has 13 heavy (non-hydrogen) atoms. The van der Waals surface area contributed by atoms with E-state index in [0.29, 0.717) is 5.82 Å². The van der Waals surface area contributed by atoms with E-state index in [1.54, 1.807) is 11.8 Å². The molecule has 0 saturated carbocycles. The summed E-state index contributed by atoms with van der Waals surface area (Å²) in [5, 5.41) is 0. The lowest BCUT2D eigenvalue weighted by atomic mass is 10.4. The van der Waals surface area contributed by atoms with Gasteiger partial charge in [0.05, 0.1) is 0 Å². The van der Waals surface area contributed by atoms with Gasteiger partial charge >= 0.3 is 0 Å². The van der Waals surface area contributed by atoms with Crippen molar-refractivity contribution in [3.8, 4) is 0 Å². The van der Waals surface area contributed by atoms with Gasteiger partial charge in [-0.3, -0.25) is 0 Å². The lowest BCUT2D eigenvalue weighted by molar-refractivity contribution is 1.37. The van der Waals surface area contributed by atoms with Crippen molar-refractivity contribution in [2.75, 3.05) is 5.73 Å². The molecule has 0 aliphatic heterocycles. The molecule has 3 N–H and O–H groups in total. The molecule has 0 amide bonds. The predicted molar refractivity (Wildman–Crippen MR) is 55.8 cm³/mol. The first-order valence-corrected chi connectivity index (χ1v) is 4.83. The van der Waals surface area contributed by atoms with Crippen LogP contribution < -0.4 is 5.73 Å². The molecule has 0 spiro atoms. The summed E-state index contributed by atoms with van der Waals surface area (Å²) in [7, 11) is 0. The van der Waals surface area contributed by atoms with E-state index in [2.05, 4.69) is 17.1 Å². The first-order chi connectivity index (χ1) is 6.34. The highest BCUT2D eigenvalue weighted by atomic mass is 32.2. The van der Waals surface area contributed by atoms with Crippen LogP contribution in [-0.2, 0) is 0 Å². The van der Waals surface area contributed by atoms with Gasteiger partial charge in [0, 0.05) is 16.0 Å². The second-order valence-electron chi connectivity index (χ2n) is 2.71. The van der Waals surface area contributed by atoms with E-state index in [-0.39, 0.29) is 0 Å². The molecule has 1 aromatic heterocycles. The van der Waals surface area contributed by atoms with Crippen LogP contribution in [0.5, 0.6) is 0 Å². The summed E-state index contributed by atoms with van der Waals surface area (Å²) in [6, 6.07) is 12.1. The maximum atomic E-state index is 5.56. The van der Waals surface area contributed by atoms with Crippen LogP contribution in [0.15, 0.2) is 52.4 Å². The number of rotatable bonds is 2. The average Bonchev–Trinajstić information content (AvgIpc) is 2.53. The molecule has 3 heteroatoms. The molecule has 2 aromatic rings. The second-order valence-corrected chi connectivity index (χ2v) is 3.85. The molecular formula is C10H10N2S. The number of nitrogens with two attached hydrogens (primary N) is 1. The van der Waals surface area contributed by atoms with Gasteiger partial charge in [0.25, 0.3) is 0 Å². The fraction of sp³-hybridized carbons (Fsp3) is 0. The Bertz CT molecular complexity index is 381. The minimum Gasteiger partial charge on any atom is -0.385 e. The minimum atomic E-state index is 0.707. The van der Waals surface area contributed by atoms with E-state index in [0.717, 1.165) is 4.90 Å². The summed E-state index contributed by atoms with van der Waals surface area (Å²) in [6.45, 7) is 0. The molecule has 1 heterocycles. The number of hydrogen-bond acceptors (Lipinski definition) is 2. The largest absolute Gasteiger partial charge is 0.385 e. The quantitative estimate of drug-likeness (QED) is 0.764. The molecule has 0 bridgehead atoms. The summed E-state index contributed by atoms with van der Waals surface area (Å²) in [4.78, 5) is 5.31. The fourth-order valence-corrected chi connectivity index (χ4v) is 1.94. The number of benzene rings is 1. The first-order valence-electron chi connectivity index (χ1n) is 4.01. The van der Waals surface area contributed by atoms with E-state index in [4.69, 9.17) is 5.73 Å². The summed E-state index contributed by atoms with van der Waals surface area (Å²) < 4.78 is 0. The molecule has 2 nitrogen and oxygen atoms in total. The lowest BCUT2D eigenvalue weighted by Gasteiger charge is -1.95. The molecule has 66 valence electrons. The Hall–Kier alpha value is -1.35. The fourth-order valence-electron chi connectivity index (χ4n) is 1.07. The van der Waals surface area contributed by atoms with E-state index < -0.39 is 0 Å². The van der Waals surface area contributed by atoms with Crippen LogP contribution in [0.2, 0.25) is 0 Å². The van der Waals surface area contributed by atoms with Crippen LogP contribution in [0.1, 0.15) is 0 Å². The Morgan fingerprint density at radius 3 is 2.46 bits per heavy atom. The molecule has 0 atom stereocenters. The first kappa shape index (κ1) is 8.26. The van der Waals surface area contributed by atoms with E-state index in [1.165, 1.54) is 4.90 Å². The van der Waals surface area contributed by atoms with Crippen LogP contribution in [0.25, 0.3) is 0 Å². The third kappa shape index (κ3) is 2.06. The van der Waals surface area contributed by atoms with Crippen LogP contribution >= 0.6 is 11.8 Å². The van der Waals surface area contributed by atoms with Crippen molar-refractivity contribution in [1.82, 2.24) is 4.98 Å². The summed E-state index contributed by atoms with van der Waals surface area (Å²) >= 11 is 1.70. The highest BCUT2D eigenvalue weighted by molar-refractivity contribution is 7.99. The van der Waals surface area contributed by atoms with Crippen molar-refractivity contribution in [3.05, 3.63) is 42.6 Å². The van der Waals surface area contributed by atoms with Crippen molar-refractivity contribution in [2.45, 2.75) is 9.79 Å². The molecule has 0 fully saturated rings. The Morgan fingerprint density at radius 2 is 1.85 bits per heavy atom. The Labute approximate surface area is 81.2 Å². The standard InChI is InChI=1S/C10H10N2S/c11-10-6-9(7-12-10)13-8-4-2-1-3-5-8/h1-7,12H,11H2. The van der Waals surface area contributed by atoms with Crippen LogP contribution in [0.3, 0.4) is 0 Å². The van der Waals surface area contributed by atoms with Crippen LogP contribution in [0.4, 0.5) is 5.82 Å². The van der Waals surface area contributed by atoms with Crippen molar-refractivity contribution < 1.29 is 0 Å². The van der Waals surface area contributed by atoms with Crippen molar-refractivity contribution in [1.29, 1.82) is 0 Å². The number of hydrogen-bond donors (Lipinski definition) is 2. The topological polar surface area (TPSA) is 41.8 Å². The zero-order valence-electron chi connectivity index (χ0n) is 7.03. The molecule has 0 aliphatic carbocycles. The van der Waals surface area contributed by atoms with Gasteiger partial charge in [-0.2, -0.15) is 0 Å². The number of aromatic nitrogens is 1. The predicted octanol–water partition coefficient (Wildman–Crippen LogP) is 2.75. The SMILES string of the molecule is Nc1cc(Sc2ccccc2)c[nH]1. The Morgan fingerprint density at radius 1 is 1.08 bits per heavy atom. The summed E-state index contributed by atoms with van der Waals surface area (Å²) in [6.07, 6.45) is 1.91. The Balaban J connectivity index is 2.15. The third-order valence-corrected chi connectivity index (χ3v) is 2.64. The zero-order chi connectivity index (χ0) is 9.10. The number of H-pyrrole nitrogens is 1. The average molecular weight is 190 g/mol. The van der Waals surface area contributed by atoms with E-state index in [1.807, 2.05) is 30.5 Å². The van der Waals surface area contributed by atoms with Crippen molar-refractivity contribution in [3.63, 3.8) is 0 Å². The normalized spacial score (nSPS) is 10.2. The van der Waals surface area contributed by atoms with Gasteiger partial charge in [0.15, 0.2) is 0 Å². The highest BCUT2D eigenvalue weighted by Gasteiger charge is 1.97. The van der Waals surface area contributed by atoms with Crippen molar-refractivity contribution >= 4 is 17.6 Å². The second kappa shape index (κ2) is 3.58. The molecule has 0 saturated heterocycles. The molecular weight excluding hydrogens is 180 g/mol. The van der Waals surface area contributed by atoms with Gasteiger partial charge < -0.3 is 10.7 Å². The lowest BCUT2D eigenvalue weighted by Crippen LogP contribution is -1.79. The number of anilines is 1. The van der Waals surface area contributed by atoms with E-state index in [9.17, 15) is 0 Å². The Kier molecular flexibility index (Phi) is 2.27. The third-order valence-electron chi connectivity index (χ3n) is 1.66. The number of nitrogens with one attached hydrogen (secondary N) is 1. The highest BCUT2D eigenvalue weighted by Crippen LogP contribution is 2.27.